The molecule has 5 N–H and O–H groups in total. The minimum Gasteiger partial charge on any atom is -0.496 e. The van der Waals surface area contributed by atoms with Crippen LogP contribution in [0.2, 0.25) is 0 Å². The van der Waals surface area contributed by atoms with E-state index in [-0.39, 0.29) is 23.7 Å². The van der Waals surface area contributed by atoms with Crippen molar-refractivity contribution in [1.29, 1.82) is 0 Å². The van der Waals surface area contributed by atoms with E-state index >= 15 is 0 Å². The second-order valence-electron chi connectivity index (χ2n) is 11.7. The molecule has 0 atom stereocenters. The lowest BCUT2D eigenvalue weighted by molar-refractivity contribution is -0.119. The van der Waals surface area contributed by atoms with E-state index in [2.05, 4.69) is 0 Å². The standard InChI is InChI=1S/C40H40N2O4/c1-23(30-8-6-9-31-29(22-43)18-20-35(42)40(30)31)12-14-27-15-16-28(39(27)38(25(3)44)26(4)45)17-19-34(41)32-10-7-11-33-36(46-5)21-13-24(2)37(32)33/h6-14,17-21,43H,15-16,22,41-42H2,1-5H3/b23-12-,27-14+,28-17-,34-19+. The van der Waals surface area contributed by atoms with Crippen LogP contribution in [0.3, 0.4) is 0 Å². The van der Waals surface area contributed by atoms with Crippen molar-refractivity contribution < 1.29 is 19.4 Å². The van der Waals surface area contributed by atoms with Gasteiger partial charge in [0.2, 0.25) is 0 Å². The summed E-state index contributed by atoms with van der Waals surface area (Å²) in [6, 6.07) is 19.5. The Bertz CT molecular complexity index is 1910. The van der Waals surface area contributed by atoms with Gasteiger partial charge in [0.05, 0.1) is 19.3 Å². The van der Waals surface area contributed by atoms with E-state index in [1.54, 1.807) is 7.11 Å². The van der Waals surface area contributed by atoms with Crippen molar-refractivity contribution in [3.8, 4) is 5.75 Å². The Kier molecular flexibility index (Phi) is 9.40. The van der Waals surface area contributed by atoms with Crippen LogP contribution in [-0.4, -0.2) is 23.8 Å². The zero-order valence-electron chi connectivity index (χ0n) is 27.0. The molecular formula is C40H40N2O4. The number of Topliss-reactive ketones (excluding diaryl/α,β-unsaturated/α-hetero) is 2. The van der Waals surface area contributed by atoms with Gasteiger partial charge in [-0.3, -0.25) is 9.59 Å². The summed E-state index contributed by atoms with van der Waals surface area (Å²) in [5.74, 6) is 0.239. The summed E-state index contributed by atoms with van der Waals surface area (Å²) in [5.41, 5.74) is 21.7. The molecule has 5 rings (SSSR count). The van der Waals surface area contributed by atoms with Gasteiger partial charge in [0, 0.05) is 27.7 Å². The average molecular weight is 613 g/mol. The van der Waals surface area contributed by atoms with Gasteiger partial charge in [0.15, 0.2) is 11.6 Å². The number of carbonyl (C=O) groups excluding carboxylic acids is 2. The number of fused-ring (bicyclic) bond motifs is 2. The highest BCUT2D eigenvalue weighted by atomic mass is 16.5. The Morgan fingerprint density at radius 1 is 0.826 bits per heavy atom. The third kappa shape index (κ3) is 6.04. The summed E-state index contributed by atoms with van der Waals surface area (Å²) in [4.78, 5) is 25.7. The molecule has 0 amide bonds. The number of ketones is 2. The molecule has 6 heteroatoms. The molecule has 0 aromatic heterocycles. The van der Waals surface area contributed by atoms with E-state index in [1.165, 1.54) is 13.8 Å². The van der Waals surface area contributed by atoms with Crippen LogP contribution in [0, 0.1) is 6.92 Å². The number of aliphatic hydroxyl groups is 1. The fourth-order valence-corrected chi connectivity index (χ4v) is 6.51. The summed E-state index contributed by atoms with van der Waals surface area (Å²) >= 11 is 0. The van der Waals surface area contributed by atoms with Crippen molar-refractivity contribution in [3.63, 3.8) is 0 Å². The minimum atomic E-state index is -0.269. The van der Waals surface area contributed by atoms with Gasteiger partial charge in [-0.05, 0) is 109 Å². The predicted molar refractivity (Wildman–Crippen MR) is 189 cm³/mol. The Morgan fingerprint density at radius 3 is 2.09 bits per heavy atom. The average Bonchev–Trinajstić information content (AvgIpc) is 3.43. The molecule has 0 radical (unpaired) electrons. The highest BCUT2D eigenvalue weighted by molar-refractivity contribution is 6.20. The van der Waals surface area contributed by atoms with Crippen molar-refractivity contribution in [2.24, 2.45) is 5.73 Å². The van der Waals surface area contributed by atoms with Crippen LogP contribution in [0.4, 0.5) is 5.69 Å². The normalized spacial score (nSPS) is 15.7. The first kappa shape index (κ1) is 32.2. The molecule has 1 aliphatic carbocycles. The minimum absolute atomic E-state index is 0.0809. The maximum atomic E-state index is 12.8. The van der Waals surface area contributed by atoms with Crippen molar-refractivity contribution in [1.82, 2.24) is 0 Å². The first-order valence-corrected chi connectivity index (χ1v) is 15.4. The molecule has 1 saturated carbocycles. The van der Waals surface area contributed by atoms with Crippen molar-refractivity contribution in [2.45, 2.75) is 47.1 Å². The van der Waals surface area contributed by atoms with E-state index in [9.17, 15) is 14.7 Å². The molecule has 0 unspecified atom stereocenters. The lowest BCUT2D eigenvalue weighted by atomic mass is 9.92. The summed E-state index contributed by atoms with van der Waals surface area (Å²) < 4.78 is 5.59. The number of nitrogens with two attached hydrogens (primary N) is 2. The number of hydrogen-bond acceptors (Lipinski definition) is 6. The number of hydrogen-bond donors (Lipinski definition) is 3. The van der Waals surface area contributed by atoms with E-state index < -0.39 is 0 Å². The summed E-state index contributed by atoms with van der Waals surface area (Å²) in [6.07, 6.45) is 9.12. The molecule has 4 aromatic rings. The lowest BCUT2D eigenvalue weighted by Gasteiger charge is -2.13. The molecule has 1 aliphatic rings. The maximum absolute atomic E-state index is 12.8. The van der Waals surface area contributed by atoms with Crippen LogP contribution in [-0.2, 0) is 16.2 Å². The van der Waals surface area contributed by atoms with E-state index in [0.29, 0.717) is 29.8 Å². The van der Waals surface area contributed by atoms with E-state index in [4.69, 9.17) is 16.2 Å². The molecule has 234 valence electrons. The van der Waals surface area contributed by atoms with Gasteiger partial charge in [-0.1, -0.05) is 66.8 Å². The Hall–Kier alpha value is -5.20. The zero-order valence-corrected chi connectivity index (χ0v) is 27.0. The molecule has 0 aliphatic heterocycles. The number of rotatable bonds is 8. The lowest BCUT2D eigenvalue weighted by Crippen LogP contribution is -2.10. The van der Waals surface area contributed by atoms with Gasteiger partial charge < -0.3 is 21.3 Å². The van der Waals surface area contributed by atoms with E-state index in [0.717, 1.165) is 66.3 Å². The van der Waals surface area contributed by atoms with Gasteiger partial charge in [0.25, 0.3) is 0 Å². The van der Waals surface area contributed by atoms with Crippen molar-refractivity contribution in [2.75, 3.05) is 12.8 Å². The number of allylic oxidation sites excluding steroid dienone is 9. The van der Waals surface area contributed by atoms with Crippen LogP contribution in [0.1, 0.15) is 55.9 Å². The molecule has 0 saturated heterocycles. The summed E-state index contributed by atoms with van der Waals surface area (Å²) in [6.45, 7) is 6.85. The molecule has 0 spiro atoms. The number of carbonyl (C=O) groups is 2. The summed E-state index contributed by atoms with van der Waals surface area (Å²) in [7, 11) is 1.66. The number of anilines is 1. The Labute approximate surface area is 270 Å². The highest BCUT2D eigenvalue weighted by Crippen LogP contribution is 2.40. The molecule has 1 fully saturated rings. The number of methoxy groups -OCH3 is 1. The monoisotopic (exact) mass is 612 g/mol. The number of aliphatic hydroxyl groups excluding tert-OH is 1. The largest absolute Gasteiger partial charge is 0.496 e. The van der Waals surface area contributed by atoms with Crippen LogP contribution in [0.25, 0.3) is 32.8 Å². The molecule has 46 heavy (non-hydrogen) atoms. The van der Waals surface area contributed by atoms with Gasteiger partial charge >= 0.3 is 0 Å². The zero-order chi connectivity index (χ0) is 33.1. The highest BCUT2D eigenvalue weighted by Gasteiger charge is 2.27. The van der Waals surface area contributed by atoms with Gasteiger partial charge in [0.1, 0.15) is 5.75 Å². The third-order valence-electron chi connectivity index (χ3n) is 8.76. The molecule has 0 heterocycles. The number of ether oxygens (including phenoxy) is 1. The van der Waals surface area contributed by atoms with Gasteiger partial charge in [-0.15, -0.1) is 0 Å². The van der Waals surface area contributed by atoms with Gasteiger partial charge in [-0.2, -0.15) is 0 Å². The Balaban J connectivity index is 1.60. The number of benzene rings is 4. The van der Waals surface area contributed by atoms with Crippen LogP contribution < -0.4 is 16.2 Å². The first-order valence-electron chi connectivity index (χ1n) is 15.4. The first-order chi connectivity index (χ1) is 22.1. The smallest absolute Gasteiger partial charge is 0.163 e. The third-order valence-corrected chi connectivity index (χ3v) is 8.76. The fraction of sp³-hybridized carbons (Fsp3) is 0.200. The second kappa shape index (κ2) is 13.4. The fourth-order valence-electron chi connectivity index (χ4n) is 6.51. The molecular weight excluding hydrogens is 572 g/mol. The number of aryl methyl sites for hydroxylation is 1. The Morgan fingerprint density at radius 2 is 1.46 bits per heavy atom. The molecule has 0 bridgehead atoms. The predicted octanol–water partition coefficient (Wildman–Crippen LogP) is 7.91. The molecule has 4 aromatic carbocycles. The van der Waals surface area contributed by atoms with E-state index in [1.807, 2.05) is 98.8 Å². The van der Waals surface area contributed by atoms with Crippen LogP contribution >= 0.6 is 0 Å². The van der Waals surface area contributed by atoms with Gasteiger partial charge in [-0.25, -0.2) is 0 Å². The van der Waals surface area contributed by atoms with Crippen LogP contribution in [0.15, 0.2) is 107 Å². The maximum Gasteiger partial charge on any atom is 0.163 e. The summed E-state index contributed by atoms with van der Waals surface area (Å²) in [5, 5.41) is 13.7. The van der Waals surface area contributed by atoms with Crippen molar-refractivity contribution >= 4 is 50.1 Å². The topological polar surface area (TPSA) is 116 Å². The SMILES string of the molecule is COc1ccc(C)c2c(/C(N)=C\C=C3\CC/C(=C\C=C(\C)c4cccc5c(CO)ccc(N)c45)C3=C(C(C)=O)C(C)=O)cccc12. The molecule has 6 nitrogen and oxygen atoms in total. The number of nitrogen functional groups attached to an aromatic ring is 1. The van der Waals surface area contributed by atoms with Crippen LogP contribution in [0.5, 0.6) is 5.75 Å². The second-order valence-corrected chi connectivity index (χ2v) is 11.7. The van der Waals surface area contributed by atoms with Crippen molar-refractivity contribution in [3.05, 3.63) is 130 Å². The quantitative estimate of drug-likeness (QED) is 0.0806.